The van der Waals surface area contributed by atoms with Crippen molar-refractivity contribution >= 4 is 39.9 Å². The first-order chi connectivity index (χ1) is 17.5. The molecule has 1 fully saturated rings. The monoisotopic (exact) mass is 510 g/mol. The predicted octanol–water partition coefficient (Wildman–Crippen LogP) is 4.36. The lowest BCUT2D eigenvalue weighted by atomic mass is 10.1. The number of nitrogens with zero attached hydrogens (tertiary/aromatic N) is 4. The summed E-state index contributed by atoms with van der Waals surface area (Å²) in [6.07, 6.45) is 2.21. The summed E-state index contributed by atoms with van der Waals surface area (Å²) in [4.78, 5) is 27.0. The quantitative estimate of drug-likeness (QED) is 0.371. The summed E-state index contributed by atoms with van der Waals surface area (Å²) in [5.74, 6) is 1.28. The number of morpholine rings is 1. The van der Waals surface area contributed by atoms with Gasteiger partial charge >= 0.3 is 0 Å². The van der Waals surface area contributed by atoms with Crippen LogP contribution in [0, 0.1) is 0 Å². The third kappa shape index (κ3) is 7.36. The second-order valence-electron chi connectivity index (χ2n) is 9.29. The molecule has 0 saturated carbocycles. The van der Waals surface area contributed by atoms with Gasteiger partial charge in [0, 0.05) is 42.0 Å². The fourth-order valence-corrected chi connectivity index (χ4v) is 4.42. The maximum atomic E-state index is 12.8. The van der Waals surface area contributed by atoms with E-state index >= 15 is 0 Å². The number of nitrogens with one attached hydrogen (secondary N) is 2. The zero-order chi connectivity index (χ0) is 25.3. The van der Waals surface area contributed by atoms with Crippen LogP contribution in [0.2, 0.25) is 5.02 Å². The van der Waals surface area contributed by atoms with Crippen LogP contribution in [0.5, 0.6) is 0 Å². The van der Waals surface area contributed by atoms with E-state index in [1.54, 1.807) is 12.1 Å². The average Bonchev–Trinajstić information content (AvgIpc) is 2.87. The average molecular weight is 511 g/mol. The van der Waals surface area contributed by atoms with Crippen molar-refractivity contribution in [3.05, 3.63) is 47.5 Å². The largest absolute Gasteiger partial charge is 0.379 e. The van der Waals surface area contributed by atoms with Gasteiger partial charge in [0.15, 0.2) is 5.82 Å². The molecule has 1 aliphatic rings. The van der Waals surface area contributed by atoms with Gasteiger partial charge in [-0.3, -0.25) is 9.69 Å². The predicted molar refractivity (Wildman–Crippen MR) is 147 cm³/mol. The Bertz CT molecular complexity index is 1170. The summed E-state index contributed by atoms with van der Waals surface area (Å²) in [6.45, 7) is 6.03. The molecular weight excluding hydrogens is 476 g/mol. The number of hydrogen-bond acceptors (Lipinski definition) is 7. The topological polar surface area (TPSA) is 82.6 Å². The van der Waals surface area contributed by atoms with E-state index in [-0.39, 0.29) is 5.91 Å². The van der Waals surface area contributed by atoms with E-state index in [0.717, 1.165) is 81.1 Å². The summed E-state index contributed by atoms with van der Waals surface area (Å²) in [6, 6.07) is 13.4. The first-order valence-electron chi connectivity index (χ1n) is 12.5. The van der Waals surface area contributed by atoms with E-state index in [9.17, 15) is 4.79 Å². The lowest BCUT2D eigenvalue weighted by molar-refractivity contribution is -0.116. The highest BCUT2D eigenvalue weighted by atomic mass is 35.5. The molecule has 192 valence electrons. The first kappa shape index (κ1) is 26.3. The van der Waals surface area contributed by atoms with E-state index in [1.807, 2.05) is 30.3 Å². The number of ether oxygens (including phenoxy) is 1. The van der Waals surface area contributed by atoms with Gasteiger partial charge in [0.2, 0.25) is 5.91 Å². The van der Waals surface area contributed by atoms with Gasteiger partial charge in [-0.05, 0) is 70.4 Å². The smallest absolute Gasteiger partial charge is 0.224 e. The van der Waals surface area contributed by atoms with Gasteiger partial charge in [0.1, 0.15) is 5.82 Å². The molecule has 1 aromatic heterocycles. The van der Waals surface area contributed by atoms with Gasteiger partial charge in [-0.25, -0.2) is 9.97 Å². The Morgan fingerprint density at radius 1 is 1.11 bits per heavy atom. The zero-order valence-electron chi connectivity index (χ0n) is 21.1. The Hall–Kier alpha value is -2.78. The highest BCUT2D eigenvalue weighted by Gasteiger charge is 2.16. The summed E-state index contributed by atoms with van der Waals surface area (Å²) in [5.41, 5.74) is 2.20. The minimum Gasteiger partial charge on any atom is -0.379 e. The molecule has 2 N–H and O–H groups in total. The summed E-state index contributed by atoms with van der Waals surface area (Å²) in [7, 11) is 4.13. The van der Waals surface area contributed by atoms with Gasteiger partial charge < -0.3 is 20.3 Å². The molecule has 9 heteroatoms. The maximum Gasteiger partial charge on any atom is 0.224 e. The van der Waals surface area contributed by atoms with E-state index in [2.05, 4.69) is 34.5 Å². The van der Waals surface area contributed by atoms with Crippen molar-refractivity contribution in [2.24, 2.45) is 0 Å². The zero-order valence-corrected chi connectivity index (χ0v) is 21.9. The fourth-order valence-electron chi connectivity index (χ4n) is 4.25. The van der Waals surface area contributed by atoms with Gasteiger partial charge in [-0.2, -0.15) is 0 Å². The molecule has 0 bridgehead atoms. The Morgan fingerprint density at radius 2 is 1.92 bits per heavy atom. The second kappa shape index (κ2) is 13.0. The molecule has 0 unspecified atom stereocenters. The third-order valence-electron chi connectivity index (χ3n) is 6.16. The van der Waals surface area contributed by atoms with Crippen molar-refractivity contribution in [1.29, 1.82) is 0 Å². The van der Waals surface area contributed by atoms with Crippen molar-refractivity contribution in [3.63, 3.8) is 0 Å². The van der Waals surface area contributed by atoms with Gasteiger partial charge in [0.25, 0.3) is 0 Å². The number of anilines is 2. The molecule has 2 aromatic carbocycles. The number of fused-ring (bicyclic) bond motifs is 1. The van der Waals surface area contributed by atoms with Crippen LogP contribution in [-0.4, -0.2) is 85.7 Å². The second-order valence-corrected chi connectivity index (χ2v) is 9.73. The molecule has 36 heavy (non-hydrogen) atoms. The van der Waals surface area contributed by atoms with Gasteiger partial charge in [-0.15, -0.1) is 0 Å². The van der Waals surface area contributed by atoms with Gasteiger partial charge in [-0.1, -0.05) is 23.7 Å². The molecular formula is C27H35ClN6O2. The van der Waals surface area contributed by atoms with Crippen molar-refractivity contribution < 1.29 is 9.53 Å². The van der Waals surface area contributed by atoms with Crippen LogP contribution in [0.15, 0.2) is 42.5 Å². The third-order valence-corrected chi connectivity index (χ3v) is 6.39. The van der Waals surface area contributed by atoms with E-state index in [0.29, 0.717) is 23.0 Å². The number of hydrogen-bond donors (Lipinski definition) is 2. The summed E-state index contributed by atoms with van der Waals surface area (Å²) < 4.78 is 5.39. The van der Waals surface area contributed by atoms with Crippen LogP contribution >= 0.6 is 11.6 Å². The van der Waals surface area contributed by atoms with Crippen LogP contribution in [-0.2, 0) is 9.53 Å². The number of amides is 1. The Kier molecular flexibility index (Phi) is 9.47. The maximum absolute atomic E-state index is 12.8. The van der Waals surface area contributed by atoms with Gasteiger partial charge in [0.05, 0.1) is 24.4 Å². The molecule has 8 nitrogen and oxygen atoms in total. The van der Waals surface area contributed by atoms with Crippen molar-refractivity contribution in [2.75, 3.05) is 70.7 Å². The van der Waals surface area contributed by atoms with E-state index < -0.39 is 0 Å². The minimum absolute atomic E-state index is 0.0467. The SMILES string of the molecule is CN(C)CCCNc1nc(-c2ccc(Cl)cc2NC(=O)CCCN2CCOCC2)nc2ccccc12. The number of aromatic nitrogens is 2. The molecule has 3 aromatic rings. The van der Waals surface area contributed by atoms with E-state index in [1.165, 1.54) is 0 Å². The van der Waals surface area contributed by atoms with Crippen LogP contribution in [0.4, 0.5) is 11.5 Å². The summed E-state index contributed by atoms with van der Waals surface area (Å²) >= 11 is 6.30. The van der Waals surface area contributed by atoms with Crippen LogP contribution in [0.3, 0.4) is 0 Å². The van der Waals surface area contributed by atoms with Crippen molar-refractivity contribution in [3.8, 4) is 11.4 Å². The van der Waals surface area contributed by atoms with Crippen LogP contribution in [0.1, 0.15) is 19.3 Å². The van der Waals surface area contributed by atoms with Crippen molar-refractivity contribution in [2.45, 2.75) is 19.3 Å². The molecule has 1 saturated heterocycles. The number of benzene rings is 2. The number of carbonyl (C=O) groups is 1. The van der Waals surface area contributed by atoms with E-state index in [4.69, 9.17) is 26.3 Å². The normalized spacial score (nSPS) is 14.3. The Balaban J connectivity index is 1.51. The fraction of sp³-hybridized carbons (Fsp3) is 0.444. The minimum atomic E-state index is -0.0467. The molecule has 1 amide bonds. The number of para-hydroxylation sites is 1. The molecule has 0 radical (unpaired) electrons. The first-order valence-corrected chi connectivity index (χ1v) is 12.9. The molecule has 0 spiro atoms. The Morgan fingerprint density at radius 3 is 2.72 bits per heavy atom. The highest BCUT2D eigenvalue weighted by molar-refractivity contribution is 6.31. The van der Waals surface area contributed by atoms with Crippen LogP contribution < -0.4 is 10.6 Å². The standard InChI is InChI=1S/C27H35ClN6O2/c1-33(2)13-6-12-29-26-21-7-3-4-8-23(21)31-27(32-26)22-11-10-20(28)19-24(22)30-25(35)9-5-14-34-15-17-36-18-16-34/h3-4,7-8,10-11,19H,5-6,9,12-18H2,1-2H3,(H,30,35)(H,29,31,32). The number of rotatable bonds is 11. The number of halogens is 1. The molecule has 1 aliphatic heterocycles. The van der Waals surface area contributed by atoms with Crippen molar-refractivity contribution in [1.82, 2.24) is 19.8 Å². The van der Waals surface area contributed by atoms with Crippen LogP contribution in [0.25, 0.3) is 22.3 Å². The Labute approximate surface area is 218 Å². The lowest BCUT2D eigenvalue weighted by Gasteiger charge is -2.26. The molecule has 2 heterocycles. The number of carbonyl (C=O) groups excluding carboxylic acids is 1. The summed E-state index contributed by atoms with van der Waals surface area (Å²) in [5, 5.41) is 8.04. The molecule has 0 atom stereocenters. The lowest BCUT2D eigenvalue weighted by Crippen LogP contribution is -2.37. The molecule has 4 rings (SSSR count). The highest BCUT2D eigenvalue weighted by Crippen LogP contribution is 2.31. The molecule has 0 aliphatic carbocycles.